The molecule has 2 aromatic rings. The molecule has 0 fully saturated rings. The number of nitrogens with zero attached hydrogens (tertiary/aromatic N) is 2. The first-order valence-corrected chi connectivity index (χ1v) is 7.29. The lowest BCUT2D eigenvalue weighted by Crippen LogP contribution is -2.23. The van der Waals surface area contributed by atoms with Gasteiger partial charge in [0, 0.05) is 13.2 Å². The maximum Gasteiger partial charge on any atom is 0.155 e. The van der Waals surface area contributed by atoms with Crippen LogP contribution in [0.2, 0.25) is 0 Å². The van der Waals surface area contributed by atoms with Gasteiger partial charge in [-0.1, -0.05) is 30.3 Å². The van der Waals surface area contributed by atoms with Crippen LogP contribution >= 0.6 is 0 Å². The quantitative estimate of drug-likeness (QED) is 0.729. The number of methoxy groups -OCH3 is 1. The summed E-state index contributed by atoms with van der Waals surface area (Å²) < 4.78 is 5.11. The molecular weight excluding hydrogens is 278 g/mol. The van der Waals surface area contributed by atoms with Crippen LogP contribution in [0.3, 0.4) is 0 Å². The number of hydrogen-bond acceptors (Lipinski definition) is 6. The lowest BCUT2D eigenvalue weighted by Gasteiger charge is -2.19. The van der Waals surface area contributed by atoms with E-state index in [1.165, 1.54) is 11.9 Å². The topological polar surface area (TPSA) is 85.1 Å². The van der Waals surface area contributed by atoms with Crippen LogP contribution < -0.4 is 16.4 Å². The van der Waals surface area contributed by atoms with Crippen molar-refractivity contribution in [3.05, 3.63) is 42.2 Å². The van der Waals surface area contributed by atoms with Gasteiger partial charge in [0.1, 0.15) is 12.0 Å². The molecule has 2 atom stereocenters. The summed E-state index contributed by atoms with van der Waals surface area (Å²) in [5.41, 5.74) is 7.84. The van der Waals surface area contributed by atoms with Gasteiger partial charge in [-0.15, -0.1) is 0 Å². The van der Waals surface area contributed by atoms with Gasteiger partial charge < -0.3 is 21.1 Å². The first-order chi connectivity index (χ1) is 10.6. The fraction of sp³-hybridized carbons (Fsp3) is 0.375. The molecule has 22 heavy (non-hydrogen) atoms. The maximum absolute atomic E-state index is 6.16. The third-order valence-corrected chi connectivity index (χ3v) is 3.34. The Kier molecular flexibility index (Phi) is 5.55. The highest BCUT2D eigenvalue weighted by atomic mass is 16.5. The van der Waals surface area contributed by atoms with E-state index in [2.05, 4.69) is 39.7 Å². The van der Waals surface area contributed by atoms with Crippen molar-refractivity contribution in [3.63, 3.8) is 0 Å². The molecule has 0 aliphatic heterocycles. The molecule has 2 unspecified atom stereocenters. The second-order valence-electron chi connectivity index (χ2n) is 5.26. The molecule has 4 N–H and O–H groups in total. The summed E-state index contributed by atoms with van der Waals surface area (Å²) >= 11 is 0. The van der Waals surface area contributed by atoms with E-state index in [0.717, 1.165) is 0 Å². The predicted molar refractivity (Wildman–Crippen MR) is 89.9 cm³/mol. The average Bonchev–Trinajstić information content (AvgIpc) is 2.52. The number of anilines is 3. The predicted octanol–water partition coefficient (Wildman–Crippen LogP) is 2.68. The van der Waals surface area contributed by atoms with Crippen LogP contribution in [0.25, 0.3) is 0 Å². The molecule has 0 saturated carbocycles. The number of nitrogens with two attached hydrogens (primary N) is 1. The van der Waals surface area contributed by atoms with Gasteiger partial charge in [-0.2, -0.15) is 0 Å². The molecule has 2 rings (SSSR count). The van der Waals surface area contributed by atoms with Crippen molar-refractivity contribution in [1.82, 2.24) is 9.97 Å². The smallest absolute Gasteiger partial charge is 0.155 e. The van der Waals surface area contributed by atoms with E-state index in [4.69, 9.17) is 10.5 Å². The summed E-state index contributed by atoms with van der Waals surface area (Å²) in [6.45, 7) is 4.65. The zero-order valence-corrected chi connectivity index (χ0v) is 13.2. The molecule has 0 radical (unpaired) electrons. The molecule has 118 valence electrons. The van der Waals surface area contributed by atoms with E-state index in [9.17, 15) is 0 Å². The minimum absolute atomic E-state index is 0.0997. The van der Waals surface area contributed by atoms with E-state index >= 15 is 0 Å². The van der Waals surface area contributed by atoms with E-state index in [-0.39, 0.29) is 12.1 Å². The Morgan fingerprint density at radius 1 is 1.09 bits per heavy atom. The Morgan fingerprint density at radius 3 is 2.36 bits per heavy atom. The van der Waals surface area contributed by atoms with Gasteiger partial charge in [0.2, 0.25) is 0 Å². The molecule has 0 aliphatic carbocycles. The van der Waals surface area contributed by atoms with Gasteiger partial charge in [0.15, 0.2) is 11.6 Å². The van der Waals surface area contributed by atoms with Crippen molar-refractivity contribution in [2.45, 2.75) is 25.9 Å². The zero-order valence-electron chi connectivity index (χ0n) is 13.2. The average molecular weight is 301 g/mol. The van der Waals surface area contributed by atoms with Crippen molar-refractivity contribution >= 4 is 17.3 Å². The van der Waals surface area contributed by atoms with E-state index < -0.39 is 0 Å². The summed E-state index contributed by atoms with van der Waals surface area (Å²) in [5, 5.41) is 6.55. The van der Waals surface area contributed by atoms with Gasteiger partial charge >= 0.3 is 0 Å². The van der Waals surface area contributed by atoms with Gasteiger partial charge in [0.25, 0.3) is 0 Å². The van der Waals surface area contributed by atoms with Gasteiger partial charge in [-0.05, 0) is 19.4 Å². The summed E-state index contributed by atoms with van der Waals surface area (Å²) in [4.78, 5) is 8.44. The SMILES string of the molecule is COCC(C)Nc1ncnc(NC(C)c2ccccc2)c1N. The molecule has 6 heteroatoms. The van der Waals surface area contributed by atoms with Gasteiger partial charge in [-0.3, -0.25) is 0 Å². The molecule has 0 spiro atoms. The molecule has 0 amide bonds. The third-order valence-electron chi connectivity index (χ3n) is 3.34. The zero-order chi connectivity index (χ0) is 15.9. The number of rotatable bonds is 7. The number of hydrogen-bond donors (Lipinski definition) is 3. The van der Waals surface area contributed by atoms with Crippen LogP contribution in [0.5, 0.6) is 0 Å². The second-order valence-corrected chi connectivity index (χ2v) is 5.26. The Bertz CT molecular complexity index is 590. The molecule has 1 aromatic heterocycles. The van der Waals surface area contributed by atoms with E-state index in [1.807, 2.05) is 25.1 Å². The lowest BCUT2D eigenvalue weighted by atomic mass is 10.1. The first-order valence-electron chi connectivity index (χ1n) is 7.29. The Labute approximate surface area is 131 Å². The van der Waals surface area contributed by atoms with Gasteiger partial charge in [0.05, 0.1) is 12.6 Å². The normalized spacial score (nSPS) is 13.4. The molecule has 1 aromatic carbocycles. The monoisotopic (exact) mass is 301 g/mol. The molecule has 6 nitrogen and oxygen atoms in total. The highest BCUT2D eigenvalue weighted by Crippen LogP contribution is 2.26. The highest BCUT2D eigenvalue weighted by Gasteiger charge is 2.13. The number of ether oxygens (including phenoxy) is 1. The van der Waals surface area contributed by atoms with Crippen LogP contribution in [-0.2, 0) is 4.74 Å². The molecular formula is C16H23N5O. The fourth-order valence-electron chi connectivity index (χ4n) is 2.18. The number of nitrogen functional groups attached to an aromatic ring is 1. The largest absolute Gasteiger partial charge is 0.393 e. The summed E-state index contributed by atoms with van der Waals surface area (Å²) in [6, 6.07) is 10.4. The van der Waals surface area contributed by atoms with E-state index in [0.29, 0.717) is 23.9 Å². The third kappa shape index (κ3) is 4.08. The Morgan fingerprint density at radius 2 is 1.73 bits per heavy atom. The second kappa shape index (κ2) is 7.61. The van der Waals surface area contributed by atoms with Crippen LogP contribution in [0.15, 0.2) is 36.7 Å². The summed E-state index contributed by atoms with van der Waals surface area (Å²) in [6.07, 6.45) is 1.50. The van der Waals surface area contributed by atoms with Crippen molar-refractivity contribution in [2.75, 3.05) is 30.1 Å². The number of aromatic nitrogens is 2. The molecule has 0 aliphatic rings. The standard InChI is InChI=1S/C16H23N5O/c1-11(9-22-3)20-15-14(17)16(19-10-18-15)21-12(2)13-7-5-4-6-8-13/h4-8,10-12H,9,17H2,1-3H3,(H2,18,19,20,21). The van der Waals surface area contributed by atoms with Crippen molar-refractivity contribution in [2.24, 2.45) is 0 Å². The minimum atomic E-state index is 0.0997. The number of nitrogens with one attached hydrogen (secondary N) is 2. The van der Waals surface area contributed by atoms with Crippen LogP contribution in [-0.4, -0.2) is 29.7 Å². The van der Waals surface area contributed by atoms with Crippen molar-refractivity contribution < 1.29 is 4.74 Å². The molecule has 0 saturated heterocycles. The minimum Gasteiger partial charge on any atom is -0.393 e. The first kappa shape index (κ1) is 16.0. The Hall–Kier alpha value is -2.34. The highest BCUT2D eigenvalue weighted by molar-refractivity contribution is 5.74. The Balaban J connectivity index is 2.11. The lowest BCUT2D eigenvalue weighted by molar-refractivity contribution is 0.190. The summed E-state index contributed by atoms with van der Waals surface area (Å²) in [5.74, 6) is 1.24. The van der Waals surface area contributed by atoms with Crippen molar-refractivity contribution in [1.29, 1.82) is 0 Å². The fourth-order valence-corrected chi connectivity index (χ4v) is 2.18. The van der Waals surface area contributed by atoms with Gasteiger partial charge in [-0.25, -0.2) is 9.97 Å². The maximum atomic E-state index is 6.16. The number of benzene rings is 1. The van der Waals surface area contributed by atoms with Crippen LogP contribution in [0.1, 0.15) is 25.5 Å². The van der Waals surface area contributed by atoms with Crippen LogP contribution in [0.4, 0.5) is 17.3 Å². The van der Waals surface area contributed by atoms with Crippen LogP contribution in [0, 0.1) is 0 Å². The molecule has 0 bridgehead atoms. The molecule has 1 heterocycles. The summed E-state index contributed by atoms with van der Waals surface area (Å²) in [7, 11) is 1.66. The van der Waals surface area contributed by atoms with Crippen molar-refractivity contribution in [3.8, 4) is 0 Å². The van der Waals surface area contributed by atoms with E-state index in [1.54, 1.807) is 7.11 Å².